The van der Waals surface area contributed by atoms with E-state index in [0.717, 1.165) is 16.8 Å². The van der Waals surface area contributed by atoms with E-state index in [1.54, 1.807) is 0 Å². The van der Waals surface area contributed by atoms with Crippen molar-refractivity contribution in [3.05, 3.63) is 57.2 Å². The number of nitrogens with zero attached hydrogens (tertiary/aromatic N) is 2. The molecule has 0 aliphatic heterocycles. The summed E-state index contributed by atoms with van der Waals surface area (Å²) in [5.41, 5.74) is -1.08. The second-order valence-corrected chi connectivity index (χ2v) is 3.78. The van der Waals surface area contributed by atoms with Crippen LogP contribution in [0.5, 0.6) is 0 Å². The Labute approximate surface area is 105 Å². The molecule has 0 radical (unpaired) electrons. The van der Waals surface area contributed by atoms with Crippen LogP contribution < -0.4 is 5.43 Å². The van der Waals surface area contributed by atoms with Crippen LogP contribution >= 0.6 is 11.6 Å². The fraction of sp³-hybridized carbons (Fsp3) is 0. The Morgan fingerprint density at radius 2 is 2.11 bits per heavy atom. The molecule has 0 unspecified atom stereocenters. The summed E-state index contributed by atoms with van der Waals surface area (Å²) in [6.07, 6.45) is 1.25. The van der Waals surface area contributed by atoms with Crippen LogP contribution in [0.1, 0.15) is 10.5 Å². The van der Waals surface area contributed by atoms with Crippen molar-refractivity contribution < 1.29 is 14.3 Å². The van der Waals surface area contributed by atoms with Gasteiger partial charge < -0.3 is 5.11 Å². The van der Waals surface area contributed by atoms with Gasteiger partial charge in [-0.1, -0.05) is 11.6 Å². The number of halogens is 2. The number of carboxylic acids is 1. The van der Waals surface area contributed by atoms with Crippen molar-refractivity contribution in [3.8, 4) is 5.69 Å². The minimum Gasteiger partial charge on any atom is -0.476 e. The average Bonchev–Trinajstić information content (AvgIpc) is 2.33. The molecule has 0 saturated carbocycles. The highest BCUT2D eigenvalue weighted by atomic mass is 35.5. The van der Waals surface area contributed by atoms with Crippen LogP contribution in [0.3, 0.4) is 0 Å². The second kappa shape index (κ2) is 4.58. The fourth-order valence-electron chi connectivity index (χ4n) is 1.33. The van der Waals surface area contributed by atoms with E-state index in [-0.39, 0.29) is 10.7 Å². The predicted molar refractivity (Wildman–Crippen MR) is 61.8 cm³/mol. The number of aromatic nitrogens is 2. The summed E-state index contributed by atoms with van der Waals surface area (Å²) >= 11 is 5.53. The molecule has 7 heteroatoms. The van der Waals surface area contributed by atoms with Crippen LogP contribution in [-0.2, 0) is 0 Å². The Morgan fingerprint density at radius 1 is 1.39 bits per heavy atom. The summed E-state index contributed by atoms with van der Waals surface area (Å²) in [7, 11) is 0. The number of rotatable bonds is 2. The molecule has 0 amide bonds. The standard InChI is InChI=1S/C11H6ClFN2O3/c12-7-2-1-6(5-8(7)13)15-4-3-9(16)10(14-15)11(17)18/h1-5H,(H,17,18). The van der Waals surface area contributed by atoms with Crippen LogP contribution in [0, 0.1) is 5.82 Å². The minimum absolute atomic E-state index is 0.0572. The molecule has 1 aromatic carbocycles. The largest absolute Gasteiger partial charge is 0.476 e. The first kappa shape index (κ1) is 12.3. The van der Waals surface area contributed by atoms with E-state index in [1.807, 2.05) is 0 Å². The van der Waals surface area contributed by atoms with Crippen molar-refractivity contribution in [3.63, 3.8) is 0 Å². The Kier molecular flexibility index (Phi) is 3.12. The third-order valence-corrected chi connectivity index (χ3v) is 2.49. The van der Waals surface area contributed by atoms with Gasteiger partial charge in [0.15, 0.2) is 0 Å². The van der Waals surface area contributed by atoms with Gasteiger partial charge in [0.05, 0.1) is 10.7 Å². The quantitative estimate of drug-likeness (QED) is 0.900. The molecule has 0 spiro atoms. The second-order valence-electron chi connectivity index (χ2n) is 3.38. The molecule has 1 aromatic heterocycles. The molecule has 2 rings (SSSR count). The molecule has 18 heavy (non-hydrogen) atoms. The van der Waals surface area contributed by atoms with E-state index in [9.17, 15) is 14.0 Å². The maximum absolute atomic E-state index is 13.3. The summed E-state index contributed by atoms with van der Waals surface area (Å²) in [6.45, 7) is 0. The fourth-order valence-corrected chi connectivity index (χ4v) is 1.44. The number of hydrogen-bond donors (Lipinski definition) is 1. The topological polar surface area (TPSA) is 72.2 Å². The van der Waals surface area contributed by atoms with Crippen molar-refractivity contribution in [1.82, 2.24) is 9.78 Å². The highest BCUT2D eigenvalue weighted by Gasteiger charge is 2.11. The van der Waals surface area contributed by atoms with Gasteiger partial charge in [-0.05, 0) is 12.1 Å². The number of carbonyl (C=O) groups is 1. The van der Waals surface area contributed by atoms with Crippen molar-refractivity contribution in [1.29, 1.82) is 0 Å². The van der Waals surface area contributed by atoms with E-state index in [1.165, 1.54) is 18.3 Å². The first-order valence-corrected chi connectivity index (χ1v) is 5.15. The van der Waals surface area contributed by atoms with Gasteiger partial charge in [-0.2, -0.15) is 5.10 Å². The number of carboxylic acid groups (broad SMARTS) is 1. The summed E-state index contributed by atoms with van der Waals surface area (Å²) in [6, 6.07) is 4.90. The lowest BCUT2D eigenvalue weighted by molar-refractivity contribution is 0.0687. The van der Waals surface area contributed by atoms with Crippen LogP contribution in [0.4, 0.5) is 4.39 Å². The van der Waals surface area contributed by atoms with E-state index < -0.39 is 22.9 Å². The van der Waals surface area contributed by atoms with Gasteiger partial charge >= 0.3 is 5.97 Å². The zero-order chi connectivity index (χ0) is 13.3. The Morgan fingerprint density at radius 3 is 2.72 bits per heavy atom. The van der Waals surface area contributed by atoms with Gasteiger partial charge in [-0.15, -0.1) is 0 Å². The Hall–Kier alpha value is -2.21. The van der Waals surface area contributed by atoms with E-state index >= 15 is 0 Å². The highest BCUT2D eigenvalue weighted by Crippen LogP contribution is 2.17. The zero-order valence-electron chi connectivity index (χ0n) is 8.80. The molecule has 92 valence electrons. The maximum atomic E-state index is 13.3. The third kappa shape index (κ3) is 2.23. The normalized spacial score (nSPS) is 10.3. The Balaban J connectivity index is 2.57. The van der Waals surface area contributed by atoms with Crippen LogP contribution in [0.25, 0.3) is 5.69 Å². The lowest BCUT2D eigenvalue weighted by Gasteiger charge is -2.06. The Bertz CT molecular complexity index is 684. The molecule has 0 saturated heterocycles. The molecular weight excluding hydrogens is 263 g/mol. The molecular formula is C11H6ClFN2O3. The third-order valence-electron chi connectivity index (χ3n) is 2.18. The van der Waals surface area contributed by atoms with Crippen molar-refractivity contribution >= 4 is 17.6 Å². The maximum Gasteiger partial charge on any atom is 0.360 e. The van der Waals surface area contributed by atoms with Gasteiger partial charge in [0, 0.05) is 18.3 Å². The summed E-state index contributed by atoms with van der Waals surface area (Å²) in [5.74, 6) is -2.10. The lowest BCUT2D eigenvalue weighted by atomic mass is 10.3. The molecule has 2 aromatic rings. The summed E-state index contributed by atoms with van der Waals surface area (Å²) in [4.78, 5) is 22.0. The molecule has 0 bridgehead atoms. The van der Waals surface area contributed by atoms with Crippen LogP contribution in [0.15, 0.2) is 35.3 Å². The molecule has 0 fully saturated rings. The number of benzene rings is 1. The molecule has 1 heterocycles. The molecule has 0 atom stereocenters. The van der Waals surface area contributed by atoms with Crippen molar-refractivity contribution in [2.24, 2.45) is 0 Å². The predicted octanol–water partition coefficient (Wildman–Crippen LogP) is 1.72. The van der Waals surface area contributed by atoms with E-state index in [0.29, 0.717) is 0 Å². The molecule has 5 nitrogen and oxygen atoms in total. The first-order valence-electron chi connectivity index (χ1n) is 4.78. The average molecular weight is 269 g/mol. The molecule has 0 aliphatic carbocycles. The van der Waals surface area contributed by atoms with Gasteiger partial charge in [0.2, 0.25) is 11.1 Å². The SMILES string of the molecule is O=C(O)c1nn(-c2ccc(Cl)c(F)c2)ccc1=O. The van der Waals surface area contributed by atoms with Crippen LogP contribution in [0.2, 0.25) is 5.02 Å². The van der Waals surface area contributed by atoms with Gasteiger partial charge in [-0.3, -0.25) is 4.79 Å². The van der Waals surface area contributed by atoms with Gasteiger partial charge in [0.1, 0.15) is 5.82 Å². The molecule has 1 N–H and O–H groups in total. The van der Waals surface area contributed by atoms with Crippen molar-refractivity contribution in [2.45, 2.75) is 0 Å². The van der Waals surface area contributed by atoms with Gasteiger partial charge in [0.25, 0.3) is 0 Å². The van der Waals surface area contributed by atoms with E-state index in [4.69, 9.17) is 16.7 Å². The summed E-state index contributed by atoms with van der Waals surface area (Å²) < 4.78 is 14.3. The monoisotopic (exact) mass is 268 g/mol. The smallest absolute Gasteiger partial charge is 0.360 e. The lowest BCUT2D eigenvalue weighted by Crippen LogP contribution is -2.20. The zero-order valence-corrected chi connectivity index (χ0v) is 9.56. The van der Waals surface area contributed by atoms with Crippen LogP contribution in [-0.4, -0.2) is 20.9 Å². The van der Waals surface area contributed by atoms with Gasteiger partial charge in [-0.25, -0.2) is 13.9 Å². The molecule has 0 aliphatic rings. The number of hydrogen-bond acceptors (Lipinski definition) is 3. The van der Waals surface area contributed by atoms with E-state index in [2.05, 4.69) is 5.10 Å². The minimum atomic E-state index is -1.44. The number of aromatic carboxylic acids is 1. The highest BCUT2D eigenvalue weighted by molar-refractivity contribution is 6.30. The van der Waals surface area contributed by atoms with Crippen molar-refractivity contribution in [2.75, 3.05) is 0 Å². The first-order chi connectivity index (χ1) is 8.49. The summed E-state index contributed by atoms with van der Waals surface area (Å²) in [5, 5.41) is 12.3.